The number of hydrogen-bond acceptors (Lipinski definition) is 4. The van der Waals surface area contributed by atoms with Gasteiger partial charge in [0.15, 0.2) is 0 Å². The van der Waals surface area contributed by atoms with Crippen molar-refractivity contribution >= 4 is 5.91 Å². The Balaban J connectivity index is 1.36. The summed E-state index contributed by atoms with van der Waals surface area (Å²) in [6, 6.07) is 4.92. The molecule has 1 aromatic carbocycles. The monoisotopic (exact) mass is 482 g/mol. The third kappa shape index (κ3) is 5.55. The molecule has 5 nitrogen and oxygen atoms in total. The fraction of sp³-hybridized carbons (Fsp3) is 0.700. The molecule has 2 heterocycles. The molecule has 194 valence electrons. The summed E-state index contributed by atoms with van der Waals surface area (Å²) in [7, 11) is 0. The number of carbonyl (C=O) groups is 1. The van der Waals surface area contributed by atoms with Gasteiger partial charge < -0.3 is 14.7 Å². The fourth-order valence-electron chi connectivity index (χ4n) is 6.61. The Morgan fingerprint density at radius 2 is 1.83 bits per heavy atom. The topological polar surface area (TPSA) is 53.0 Å². The van der Waals surface area contributed by atoms with Crippen LogP contribution in [0, 0.1) is 17.8 Å². The lowest BCUT2D eigenvalue weighted by atomic mass is 9.72. The molecule has 2 aliphatic heterocycles. The van der Waals surface area contributed by atoms with Crippen molar-refractivity contribution in [2.24, 2.45) is 10.8 Å². The van der Waals surface area contributed by atoms with Gasteiger partial charge in [-0.05, 0) is 100 Å². The average Bonchev–Trinajstić information content (AvgIpc) is 3.14. The van der Waals surface area contributed by atoms with E-state index in [9.17, 15) is 9.90 Å². The van der Waals surface area contributed by atoms with Crippen LogP contribution in [0.25, 0.3) is 0 Å². The number of rotatable bonds is 8. The van der Waals surface area contributed by atoms with Crippen LogP contribution in [0.2, 0.25) is 0 Å². The number of aliphatic hydroxyl groups is 1. The van der Waals surface area contributed by atoms with Gasteiger partial charge in [0.05, 0.1) is 12.4 Å². The average molecular weight is 483 g/mol. The predicted molar refractivity (Wildman–Crippen MR) is 142 cm³/mol. The molecule has 5 heteroatoms. The Morgan fingerprint density at radius 3 is 2.43 bits per heavy atom. The number of carbonyl (C=O) groups excluding carboxylic acids is 1. The summed E-state index contributed by atoms with van der Waals surface area (Å²) in [5.74, 6) is 1.66. The minimum absolute atomic E-state index is 0.144. The van der Waals surface area contributed by atoms with Crippen LogP contribution in [0.15, 0.2) is 24.5 Å². The van der Waals surface area contributed by atoms with Gasteiger partial charge in [-0.2, -0.15) is 0 Å². The molecule has 0 atom stereocenters. The summed E-state index contributed by atoms with van der Waals surface area (Å²) in [6.07, 6.45) is 8.93. The van der Waals surface area contributed by atoms with Gasteiger partial charge in [0, 0.05) is 31.0 Å². The van der Waals surface area contributed by atoms with Gasteiger partial charge in [0.2, 0.25) is 5.91 Å². The number of amides is 1. The molecule has 1 aromatic rings. The molecule has 1 N–H and O–H groups in total. The first kappa shape index (κ1) is 26.1. The number of nitrogens with zero attached hydrogens (tertiary/aromatic N) is 2. The predicted octanol–water partition coefficient (Wildman–Crippen LogP) is 6.18. The van der Waals surface area contributed by atoms with Crippen LogP contribution in [0.5, 0.6) is 5.75 Å². The van der Waals surface area contributed by atoms with Crippen molar-refractivity contribution in [3.8, 4) is 5.75 Å². The molecule has 4 rings (SSSR count). The Morgan fingerprint density at radius 1 is 1.14 bits per heavy atom. The first-order valence-corrected chi connectivity index (χ1v) is 13.8. The van der Waals surface area contributed by atoms with E-state index in [4.69, 9.17) is 4.74 Å². The van der Waals surface area contributed by atoms with Crippen molar-refractivity contribution < 1.29 is 14.6 Å². The smallest absolute Gasteiger partial charge is 0.223 e. The lowest BCUT2D eigenvalue weighted by molar-refractivity contribution is -0.130. The standard InChI is InChI=1S/C30H46N2O3/c1-6-8-24-17-22(3)27(35-7-2)18-25(24)20-31-15-13-30(14-16-31)19-28(34)32(21-30)26-9-11-29(5,12-10-26)23(4)33/h17-18,26,33H,4,6-16,19-21H2,1-3,5H3. The Kier molecular flexibility index (Phi) is 7.85. The van der Waals surface area contributed by atoms with Crippen LogP contribution in [-0.4, -0.2) is 53.1 Å². The zero-order chi connectivity index (χ0) is 25.2. The van der Waals surface area contributed by atoms with Crippen LogP contribution in [0.1, 0.15) is 88.8 Å². The van der Waals surface area contributed by atoms with Crippen molar-refractivity contribution in [1.29, 1.82) is 0 Å². The second-order valence-electron chi connectivity index (χ2n) is 11.8. The number of benzene rings is 1. The second-order valence-corrected chi connectivity index (χ2v) is 11.8. The van der Waals surface area contributed by atoms with Gasteiger partial charge in [0.1, 0.15) is 5.75 Å². The molecule has 1 amide bonds. The van der Waals surface area contributed by atoms with Crippen molar-refractivity contribution in [3.63, 3.8) is 0 Å². The summed E-state index contributed by atoms with van der Waals surface area (Å²) < 4.78 is 5.90. The van der Waals surface area contributed by atoms with Crippen molar-refractivity contribution in [1.82, 2.24) is 9.80 Å². The van der Waals surface area contributed by atoms with E-state index < -0.39 is 0 Å². The van der Waals surface area contributed by atoms with Crippen LogP contribution < -0.4 is 4.74 Å². The number of ether oxygens (including phenoxy) is 1. The van der Waals surface area contributed by atoms with Gasteiger partial charge in [-0.15, -0.1) is 0 Å². The van der Waals surface area contributed by atoms with E-state index in [1.807, 2.05) is 6.92 Å². The lowest BCUT2D eigenvalue weighted by Crippen LogP contribution is -2.44. The van der Waals surface area contributed by atoms with E-state index in [1.165, 1.54) is 16.7 Å². The molecule has 0 bridgehead atoms. The summed E-state index contributed by atoms with van der Waals surface area (Å²) in [6.45, 7) is 17.0. The summed E-state index contributed by atoms with van der Waals surface area (Å²) in [5.41, 5.74) is 4.04. The van der Waals surface area contributed by atoms with E-state index in [1.54, 1.807) is 0 Å². The third-order valence-electron chi connectivity index (χ3n) is 9.18. The fourth-order valence-corrected chi connectivity index (χ4v) is 6.61. The van der Waals surface area contributed by atoms with Crippen molar-refractivity contribution in [2.45, 2.75) is 98.1 Å². The number of piperidine rings is 1. The molecule has 0 radical (unpaired) electrons. The van der Waals surface area contributed by atoms with Gasteiger partial charge in [-0.25, -0.2) is 0 Å². The van der Waals surface area contributed by atoms with Crippen molar-refractivity contribution in [2.75, 3.05) is 26.2 Å². The van der Waals surface area contributed by atoms with Crippen molar-refractivity contribution in [3.05, 3.63) is 41.2 Å². The lowest BCUT2D eigenvalue weighted by Gasteiger charge is -2.42. The van der Waals surface area contributed by atoms with Gasteiger partial charge >= 0.3 is 0 Å². The molecule has 3 fully saturated rings. The highest BCUT2D eigenvalue weighted by atomic mass is 16.5. The van der Waals surface area contributed by atoms with E-state index in [-0.39, 0.29) is 10.8 Å². The number of hydrogen-bond donors (Lipinski definition) is 1. The van der Waals surface area contributed by atoms with Crippen LogP contribution in [-0.2, 0) is 17.8 Å². The van der Waals surface area contributed by atoms with E-state index in [0.29, 0.717) is 30.7 Å². The molecule has 35 heavy (non-hydrogen) atoms. The summed E-state index contributed by atoms with van der Waals surface area (Å²) in [4.78, 5) is 17.9. The van der Waals surface area contributed by atoms with Gasteiger partial charge in [0.25, 0.3) is 0 Å². The number of aryl methyl sites for hydroxylation is 2. The zero-order valence-electron chi connectivity index (χ0n) is 22.5. The third-order valence-corrected chi connectivity index (χ3v) is 9.18. The normalized spacial score (nSPS) is 26.9. The molecule has 0 aromatic heterocycles. The van der Waals surface area contributed by atoms with Crippen LogP contribution in [0.4, 0.5) is 0 Å². The Hall–Kier alpha value is -2.01. The highest BCUT2D eigenvalue weighted by Gasteiger charge is 2.48. The molecule has 1 aliphatic carbocycles. The Labute approximate surface area is 212 Å². The summed E-state index contributed by atoms with van der Waals surface area (Å²) >= 11 is 0. The number of likely N-dealkylation sites (tertiary alicyclic amines) is 2. The highest BCUT2D eigenvalue weighted by Crippen LogP contribution is 2.46. The molecule has 0 unspecified atom stereocenters. The minimum atomic E-state index is -0.184. The molecular formula is C30H46N2O3. The SMILES string of the molecule is C=C(O)C1(C)CCC(N2CC3(CCN(Cc4cc(OCC)c(C)cc4CCC)CC3)CC2=O)CC1. The first-order chi connectivity index (χ1) is 16.7. The molecule has 1 spiro atoms. The maximum absolute atomic E-state index is 13.1. The van der Waals surface area contributed by atoms with E-state index >= 15 is 0 Å². The zero-order valence-corrected chi connectivity index (χ0v) is 22.5. The minimum Gasteiger partial charge on any atom is -0.512 e. The van der Waals surface area contributed by atoms with E-state index in [0.717, 1.165) is 83.3 Å². The largest absolute Gasteiger partial charge is 0.512 e. The quantitative estimate of drug-likeness (QED) is 0.450. The second kappa shape index (κ2) is 10.5. The van der Waals surface area contributed by atoms with Gasteiger partial charge in [-0.3, -0.25) is 9.69 Å². The number of allylic oxidation sites excluding steroid dienone is 1. The Bertz CT molecular complexity index is 924. The number of aliphatic hydroxyl groups excluding tert-OH is 1. The summed E-state index contributed by atoms with van der Waals surface area (Å²) in [5, 5.41) is 9.99. The molecule has 2 saturated heterocycles. The highest BCUT2D eigenvalue weighted by molar-refractivity contribution is 5.80. The van der Waals surface area contributed by atoms with Crippen LogP contribution >= 0.6 is 0 Å². The molecule has 3 aliphatic rings. The first-order valence-electron chi connectivity index (χ1n) is 13.8. The molecule has 1 saturated carbocycles. The maximum atomic E-state index is 13.1. The van der Waals surface area contributed by atoms with Crippen LogP contribution in [0.3, 0.4) is 0 Å². The maximum Gasteiger partial charge on any atom is 0.223 e. The molecular weight excluding hydrogens is 436 g/mol. The van der Waals surface area contributed by atoms with E-state index in [2.05, 4.69) is 49.3 Å². The van der Waals surface area contributed by atoms with Gasteiger partial charge in [-0.1, -0.05) is 32.9 Å².